The molecule has 0 radical (unpaired) electrons. The Kier molecular flexibility index (Phi) is 6.30. The van der Waals surface area contributed by atoms with Crippen LogP contribution in [-0.2, 0) is 0 Å². The summed E-state index contributed by atoms with van der Waals surface area (Å²) in [7, 11) is 1.66. The molecule has 1 fully saturated rings. The number of para-hydroxylation sites is 1. The van der Waals surface area contributed by atoms with Gasteiger partial charge in [0.25, 0.3) is 5.56 Å². The van der Waals surface area contributed by atoms with E-state index in [4.69, 9.17) is 9.47 Å². The minimum absolute atomic E-state index is 0.0694. The molecule has 158 valence electrons. The lowest BCUT2D eigenvalue weighted by Crippen LogP contribution is -2.48. The van der Waals surface area contributed by atoms with Crippen molar-refractivity contribution in [1.29, 1.82) is 0 Å². The second kappa shape index (κ2) is 9.28. The van der Waals surface area contributed by atoms with Gasteiger partial charge in [-0.1, -0.05) is 12.1 Å². The van der Waals surface area contributed by atoms with Gasteiger partial charge in [-0.05, 0) is 43.3 Å². The van der Waals surface area contributed by atoms with Gasteiger partial charge >= 0.3 is 0 Å². The van der Waals surface area contributed by atoms with Crippen molar-refractivity contribution in [3.05, 3.63) is 64.7 Å². The fourth-order valence-corrected chi connectivity index (χ4v) is 3.81. The van der Waals surface area contributed by atoms with E-state index >= 15 is 0 Å². The average Bonchev–Trinajstić information content (AvgIpc) is 2.79. The van der Waals surface area contributed by atoms with Crippen LogP contribution >= 0.6 is 0 Å². The lowest BCUT2D eigenvalue weighted by atomic mass is 10.2. The smallest absolute Gasteiger partial charge is 0.258 e. The molecule has 30 heavy (non-hydrogen) atoms. The molecule has 1 aliphatic rings. The number of benzene rings is 2. The zero-order valence-corrected chi connectivity index (χ0v) is 17.5. The van der Waals surface area contributed by atoms with Crippen LogP contribution in [0, 0.1) is 0 Å². The molecule has 1 atom stereocenters. The molecule has 0 aliphatic carbocycles. The fraction of sp³-hybridized carbons (Fsp3) is 0.391. The lowest BCUT2D eigenvalue weighted by Gasteiger charge is -2.37. The summed E-state index contributed by atoms with van der Waals surface area (Å²) in [5.74, 6) is 2.42. The van der Waals surface area contributed by atoms with Crippen molar-refractivity contribution >= 4 is 10.9 Å². The highest BCUT2D eigenvalue weighted by molar-refractivity contribution is 5.77. The van der Waals surface area contributed by atoms with Crippen LogP contribution in [0.5, 0.6) is 11.5 Å². The number of methoxy groups -OCH3 is 1. The van der Waals surface area contributed by atoms with E-state index in [1.165, 1.54) is 0 Å². The number of ether oxygens (including phenoxy) is 2. The molecule has 2 heterocycles. The molecule has 0 spiro atoms. The molecular formula is C23H28N4O3. The van der Waals surface area contributed by atoms with Crippen molar-refractivity contribution in [2.24, 2.45) is 0 Å². The zero-order chi connectivity index (χ0) is 20.9. The van der Waals surface area contributed by atoms with Crippen LogP contribution in [0.2, 0.25) is 0 Å². The third-order valence-electron chi connectivity index (χ3n) is 5.72. The summed E-state index contributed by atoms with van der Waals surface area (Å²) in [6, 6.07) is 15.2. The first-order chi connectivity index (χ1) is 14.6. The summed E-state index contributed by atoms with van der Waals surface area (Å²) in [5, 5.41) is 0.634. The Morgan fingerprint density at radius 1 is 1.03 bits per heavy atom. The summed E-state index contributed by atoms with van der Waals surface area (Å²) in [6.45, 7) is 7.44. The SMILES string of the molecule is COc1ccc(OCCN2CCN([C@H](C)c3nc4ccccc4c(=O)[nH]3)CC2)cc1. The maximum atomic E-state index is 12.4. The standard InChI is InChI=1S/C23H28N4O3/c1-17(22-24-21-6-4-3-5-20(21)23(28)25-22)27-13-11-26(12-14-27)15-16-30-19-9-7-18(29-2)8-10-19/h3-10,17H,11-16H2,1-2H3,(H,24,25,28)/t17-/m1/s1. The molecule has 7 heteroatoms. The Labute approximate surface area is 176 Å². The number of hydrogen-bond donors (Lipinski definition) is 1. The number of rotatable bonds is 7. The molecule has 3 aromatic rings. The number of aromatic nitrogens is 2. The molecule has 1 saturated heterocycles. The number of nitrogens with one attached hydrogen (secondary N) is 1. The minimum Gasteiger partial charge on any atom is -0.497 e. The summed E-state index contributed by atoms with van der Waals surface area (Å²) >= 11 is 0. The maximum absolute atomic E-state index is 12.4. The van der Waals surface area contributed by atoms with E-state index in [2.05, 4.69) is 26.7 Å². The molecule has 7 nitrogen and oxygen atoms in total. The fourth-order valence-electron chi connectivity index (χ4n) is 3.81. The van der Waals surface area contributed by atoms with Crippen LogP contribution in [0.15, 0.2) is 53.3 Å². The molecule has 0 unspecified atom stereocenters. The van der Waals surface area contributed by atoms with E-state index in [-0.39, 0.29) is 11.6 Å². The van der Waals surface area contributed by atoms with Gasteiger partial charge in [0.05, 0.1) is 24.1 Å². The average molecular weight is 409 g/mol. The maximum Gasteiger partial charge on any atom is 0.258 e. The molecule has 0 saturated carbocycles. The van der Waals surface area contributed by atoms with Gasteiger partial charge in [-0.15, -0.1) is 0 Å². The number of nitrogens with zero attached hydrogens (tertiary/aromatic N) is 3. The van der Waals surface area contributed by atoms with Crippen LogP contribution in [0.1, 0.15) is 18.8 Å². The van der Waals surface area contributed by atoms with Crippen molar-refractivity contribution in [3.63, 3.8) is 0 Å². The van der Waals surface area contributed by atoms with Gasteiger partial charge in [-0.3, -0.25) is 14.6 Å². The summed E-state index contributed by atoms with van der Waals surface area (Å²) in [6.07, 6.45) is 0. The van der Waals surface area contributed by atoms with Gasteiger partial charge < -0.3 is 14.5 Å². The summed E-state index contributed by atoms with van der Waals surface area (Å²) in [5.41, 5.74) is 0.675. The summed E-state index contributed by atoms with van der Waals surface area (Å²) in [4.78, 5) is 24.8. The Hall–Kier alpha value is -2.90. The van der Waals surface area contributed by atoms with Gasteiger partial charge in [0.2, 0.25) is 0 Å². The predicted octanol–water partition coefficient (Wildman–Crippen LogP) is 2.69. The largest absolute Gasteiger partial charge is 0.497 e. The number of hydrogen-bond acceptors (Lipinski definition) is 6. The van der Waals surface area contributed by atoms with E-state index in [0.717, 1.165) is 55.6 Å². The van der Waals surface area contributed by atoms with Crippen molar-refractivity contribution in [2.45, 2.75) is 13.0 Å². The Morgan fingerprint density at radius 3 is 2.47 bits per heavy atom. The van der Waals surface area contributed by atoms with Crippen molar-refractivity contribution in [1.82, 2.24) is 19.8 Å². The van der Waals surface area contributed by atoms with Crippen LogP contribution < -0.4 is 15.0 Å². The van der Waals surface area contributed by atoms with E-state index in [0.29, 0.717) is 12.0 Å². The quantitative estimate of drug-likeness (QED) is 0.648. The normalized spacial score (nSPS) is 16.5. The number of aromatic amines is 1. The first-order valence-electron chi connectivity index (χ1n) is 10.4. The Morgan fingerprint density at radius 2 is 1.73 bits per heavy atom. The van der Waals surface area contributed by atoms with Crippen molar-refractivity contribution in [3.8, 4) is 11.5 Å². The second-order valence-corrected chi connectivity index (χ2v) is 7.55. The second-order valence-electron chi connectivity index (χ2n) is 7.55. The van der Waals surface area contributed by atoms with Gasteiger partial charge in [0, 0.05) is 32.7 Å². The highest BCUT2D eigenvalue weighted by Crippen LogP contribution is 2.20. The number of piperazine rings is 1. The number of fused-ring (bicyclic) bond motifs is 1. The monoisotopic (exact) mass is 408 g/mol. The van der Waals surface area contributed by atoms with Gasteiger partial charge in [0.1, 0.15) is 23.9 Å². The van der Waals surface area contributed by atoms with Gasteiger partial charge in [-0.2, -0.15) is 0 Å². The molecule has 0 amide bonds. The molecule has 1 aromatic heterocycles. The van der Waals surface area contributed by atoms with Crippen molar-refractivity contribution < 1.29 is 9.47 Å². The summed E-state index contributed by atoms with van der Waals surface area (Å²) < 4.78 is 11.0. The van der Waals surface area contributed by atoms with E-state index in [9.17, 15) is 4.79 Å². The van der Waals surface area contributed by atoms with Crippen LogP contribution in [-0.4, -0.2) is 66.2 Å². The van der Waals surface area contributed by atoms with Crippen LogP contribution in [0.25, 0.3) is 10.9 Å². The van der Waals surface area contributed by atoms with E-state index in [1.54, 1.807) is 7.11 Å². The Balaban J connectivity index is 1.28. The van der Waals surface area contributed by atoms with E-state index < -0.39 is 0 Å². The van der Waals surface area contributed by atoms with Crippen LogP contribution in [0.3, 0.4) is 0 Å². The topological polar surface area (TPSA) is 70.7 Å². The number of H-pyrrole nitrogens is 1. The highest BCUT2D eigenvalue weighted by atomic mass is 16.5. The highest BCUT2D eigenvalue weighted by Gasteiger charge is 2.23. The first kappa shape index (κ1) is 20.4. The molecular weight excluding hydrogens is 380 g/mol. The molecule has 4 rings (SSSR count). The third-order valence-corrected chi connectivity index (χ3v) is 5.72. The van der Waals surface area contributed by atoms with Gasteiger partial charge in [-0.25, -0.2) is 4.98 Å². The van der Waals surface area contributed by atoms with Gasteiger partial charge in [0.15, 0.2) is 0 Å². The lowest BCUT2D eigenvalue weighted by molar-refractivity contribution is 0.0891. The predicted molar refractivity (Wildman–Crippen MR) is 117 cm³/mol. The minimum atomic E-state index is -0.0724. The first-order valence-corrected chi connectivity index (χ1v) is 10.4. The molecule has 2 aromatic carbocycles. The molecule has 1 aliphatic heterocycles. The van der Waals surface area contributed by atoms with Crippen molar-refractivity contribution in [2.75, 3.05) is 46.4 Å². The van der Waals surface area contributed by atoms with E-state index in [1.807, 2.05) is 48.5 Å². The third kappa shape index (κ3) is 4.63. The Bertz CT molecular complexity index is 1030. The zero-order valence-electron chi connectivity index (χ0n) is 17.5. The molecule has 1 N–H and O–H groups in total. The molecule has 0 bridgehead atoms. The van der Waals surface area contributed by atoms with Crippen LogP contribution in [0.4, 0.5) is 0 Å².